The van der Waals surface area contributed by atoms with Crippen molar-refractivity contribution in [3.8, 4) is 0 Å². The van der Waals surface area contributed by atoms with E-state index in [2.05, 4.69) is 9.97 Å². The molecule has 1 aromatic carbocycles. The summed E-state index contributed by atoms with van der Waals surface area (Å²) in [5, 5.41) is 2.08. The number of aromatic amines is 1. The van der Waals surface area contributed by atoms with Crippen LogP contribution in [0.15, 0.2) is 18.2 Å². The zero-order chi connectivity index (χ0) is 16.7. The summed E-state index contributed by atoms with van der Waals surface area (Å²) >= 11 is 18.0. The number of nitrogens with zero attached hydrogens (tertiary/aromatic N) is 1. The molecular formula is C18H23Cl3N2. The summed E-state index contributed by atoms with van der Waals surface area (Å²) in [4.78, 5) is 7.51. The van der Waals surface area contributed by atoms with E-state index in [0.29, 0.717) is 10.2 Å². The van der Waals surface area contributed by atoms with Gasteiger partial charge in [0.15, 0.2) is 0 Å². The molecule has 1 aromatic heterocycles. The van der Waals surface area contributed by atoms with Gasteiger partial charge in [0.05, 0.1) is 5.69 Å². The van der Waals surface area contributed by atoms with Crippen molar-refractivity contribution < 1.29 is 0 Å². The molecule has 0 atom stereocenters. The van der Waals surface area contributed by atoms with Crippen LogP contribution in [0.2, 0.25) is 15.2 Å². The quantitative estimate of drug-likeness (QED) is 0.481. The van der Waals surface area contributed by atoms with Crippen LogP contribution < -0.4 is 0 Å². The molecule has 0 radical (unpaired) electrons. The third-order valence-corrected chi connectivity index (χ3v) is 4.95. The smallest absolute Gasteiger partial charge is 0.150 e. The average molecular weight is 374 g/mol. The predicted molar refractivity (Wildman–Crippen MR) is 99.9 cm³/mol. The first-order valence-electron chi connectivity index (χ1n) is 8.21. The standard InChI is InChI=1S/C18H23Cl3N2/c1-13-18(21)23-17(22-13)9-7-5-3-2-4-6-8-14-10-11-15(19)12-16(14)20/h10-12H,2-9H2,1H3,(H,22,23). The van der Waals surface area contributed by atoms with E-state index in [9.17, 15) is 0 Å². The Hall–Kier alpha value is -0.700. The highest BCUT2D eigenvalue weighted by Gasteiger charge is 2.04. The summed E-state index contributed by atoms with van der Waals surface area (Å²) < 4.78 is 0. The van der Waals surface area contributed by atoms with Crippen LogP contribution in [0.25, 0.3) is 0 Å². The van der Waals surface area contributed by atoms with Crippen LogP contribution in [-0.4, -0.2) is 9.97 Å². The largest absolute Gasteiger partial charge is 0.345 e. The Morgan fingerprint density at radius 2 is 1.57 bits per heavy atom. The van der Waals surface area contributed by atoms with Crippen LogP contribution >= 0.6 is 34.8 Å². The van der Waals surface area contributed by atoms with Gasteiger partial charge in [-0.1, -0.05) is 66.6 Å². The van der Waals surface area contributed by atoms with Gasteiger partial charge in [-0.3, -0.25) is 0 Å². The van der Waals surface area contributed by atoms with E-state index in [0.717, 1.165) is 35.8 Å². The molecule has 0 saturated heterocycles. The molecule has 0 saturated carbocycles. The van der Waals surface area contributed by atoms with Crippen LogP contribution in [-0.2, 0) is 12.8 Å². The van der Waals surface area contributed by atoms with Crippen LogP contribution in [0.3, 0.4) is 0 Å². The second kappa shape index (κ2) is 9.56. The number of unbranched alkanes of at least 4 members (excludes halogenated alkanes) is 5. The first-order chi connectivity index (χ1) is 11.1. The zero-order valence-electron chi connectivity index (χ0n) is 13.5. The van der Waals surface area contributed by atoms with E-state index in [1.165, 1.54) is 37.7 Å². The minimum atomic E-state index is 0.598. The van der Waals surface area contributed by atoms with Crippen molar-refractivity contribution in [3.05, 3.63) is 50.5 Å². The number of imidazole rings is 1. The summed E-state index contributed by atoms with van der Waals surface area (Å²) in [6, 6.07) is 5.76. The molecule has 2 aromatic rings. The zero-order valence-corrected chi connectivity index (χ0v) is 15.7. The third kappa shape index (κ3) is 6.37. The number of nitrogens with one attached hydrogen (secondary N) is 1. The molecule has 2 rings (SSSR count). The van der Waals surface area contributed by atoms with Gasteiger partial charge in [0.25, 0.3) is 0 Å². The molecule has 0 amide bonds. The Morgan fingerprint density at radius 1 is 0.913 bits per heavy atom. The number of H-pyrrole nitrogens is 1. The number of aromatic nitrogens is 2. The van der Waals surface area contributed by atoms with Crippen LogP contribution in [0.5, 0.6) is 0 Å². The summed E-state index contributed by atoms with van der Waals surface area (Å²) in [5.41, 5.74) is 2.16. The monoisotopic (exact) mass is 372 g/mol. The number of benzene rings is 1. The lowest BCUT2D eigenvalue weighted by atomic mass is 10.0. The lowest BCUT2D eigenvalue weighted by molar-refractivity contribution is 0.589. The van der Waals surface area contributed by atoms with Gasteiger partial charge in [-0.15, -0.1) is 0 Å². The lowest BCUT2D eigenvalue weighted by Crippen LogP contribution is -1.90. The normalized spacial score (nSPS) is 11.1. The Bertz CT molecular complexity index is 603. The molecular weight excluding hydrogens is 351 g/mol. The van der Waals surface area contributed by atoms with E-state index in [-0.39, 0.29) is 0 Å². The fourth-order valence-corrected chi connectivity index (χ4v) is 3.31. The van der Waals surface area contributed by atoms with Crippen molar-refractivity contribution in [2.45, 2.75) is 58.3 Å². The summed E-state index contributed by atoms with van der Waals surface area (Å²) in [5.74, 6) is 1.00. The molecule has 5 heteroatoms. The van der Waals surface area contributed by atoms with Crippen LogP contribution in [0.4, 0.5) is 0 Å². The molecule has 126 valence electrons. The van der Waals surface area contributed by atoms with Crippen molar-refractivity contribution in [2.24, 2.45) is 0 Å². The van der Waals surface area contributed by atoms with Crippen molar-refractivity contribution in [3.63, 3.8) is 0 Å². The van der Waals surface area contributed by atoms with Gasteiger partial charge in [0.2, 0.25) is 0 Å². The van der Waals surface area contributed by atoms with Gasteiger partial charge in [0.1, 0.15) is 11.0 Å². The maximum absolute atomic E-state index is 6.18. The highest BCUT2D eigenvalue weighted by atomic mass is 35.5. The maximum atomic E-state index is 6.18. The number of halogens is 3. The SMILES string of the molecule is Cc1[nH]c(CCCCCCCCc2ccc(Cl)cc2Cl)nc1Cl. The molecule has 0 unspecified atom stereocenters. The van der Waals surface area contributed by atoms with Crippen molar-refractivity contribution in [2.75, 3.05) is 0 Å². The highest BCUT2D eigenvalue weighted by molar-refractivity contribution is 6.35. The molecule has 0 aliphatic rings. The summed E-state index contributed by atoms with van der Waals surface area (Å²) in [6.45, 7) is 1.95. The Labute approximate surface area is 153 Å². The number of hydrogen-bond donors (Lipinski definition) is 1. The average Bonchev–Trinajstić information content (AvgIpc) is 2.82. The molecule has 0 bridgehead atoms. The Kier molecular flexibility index (Phi) is 7.75. The minimum Gasteiger partial charge on any atom is -0.345 e. The van der Waals surface area contributed by atoms with Crippen LogP contribution in [0.1, 0.15) is 55.6 Å². The van der Waals surface area contributed by atoms with Crippen molar-refractivity contribution in [1.82, 2.24) is 9.97 Å². The van der Waals surface area contributed by atoms with E-state index < -0.39 is 0 Å². The van der Waals surface area contributed by atoms with Crippen molar-refractivity contribution >= 4 is 34.8 Å². The molecule has 0 spiro atoms. The molecule has 0 fully saturated rings. The van der Waals surface area contributed by atoms with Gasteiger partial charge >= 0.3 is 0 Å². The van der Waals surface area contributed by atoms with E-state index >= 15 is 0 Å². The third-order valence-electron chi connectivity index (χ3n) is 4.00. The molecule has 1 N–H and O–H groups in total. The molecule has 1 heterocycles. The summed E-state index contributed by atoms with van der Waals surface area (Å²) in [7, 11) is 0. The fraction of sp³-hybridized carbons (Fsp3) is 0.500. The van der Waals surface area contributed by atoms with E-state index in [1.54, 1.807) is 0 Å². The Balaban J connectivity index is 1.52. The maximum Gasteiger partial charge on any atom is 0.150 e. The van der Waals surface area contributed by atoms with Gasteiger partial charge in [-0.25, -0.2) is 4.98 Å². The second-order valence-corrected chi connectivity index (χ2v) is 7.16. The number of aryl methyl sites for hydroxylation is 3. The lowest BCUT2D eigenvalue weighted by Gasteiger charge is -2.05. The van der Waals surface area contributed by atoms with E-state index in [1.807, 2.05) is 25.1 Å². The van der Waals surface area contributed by atoms with E-state index in [4.69, 9.17) is 34.8 Å². The second-order valence-electron chi connectivity index (χ2n) is 5.96. The molecule has 2 nitrogen and oxygen atoms in total. The first-order valence-corrected chi connectivity index (χ1v) is 9.34. The van der Waals surface area contributed by atoms with Gasteiger partial charge in [0, 0.05) is 16.5 Å². The minimum absolute atomic E-state index is 0.598. The highest BCUT2D eigenvalue weighted by Crippen LogP contribution is 2.23. The van der Waals surface area contributed by atoms with Crippen LogP contribution in [0, 0.1) is 6.92 Å². The van der Waals surface area contributed by atoms with Gasteiger partial charge < -0.3 is 4.98 Å². The topological polar surface area (TPSA) is 28.7 Å². The first kappa shape index (κ1) is 18.6. The molecule has 0 aliphatic carbocycles. The molecule has 0 aliphatic heterocycles. The van der Waals surface area contributed by atoms with Crippen molar-refractivity contribution in [1.29, 1.82) is 0 Å². The Morgan fingerprint density at radius 3 is 2.17 bits per heavy atom. The fourth-order valence-electron chi connectivity index (χ4n) is 2.66. The predicted octanol–water partition coefficient (Wildman–Crippen LogP) is 6.80. The van der Waals surface area contributed by atoms with Gasteiger partial charge in [-0.2, -0.15) is 0 Å². The van der Waals surface area contributed by atoms with Gasteiger partial charge in [-0.05, 0) is 43.9 Å². The summed E-state index contributed by atoms with van der Waals surface area (Å²) in [6.07, 6.45) is 9.35. The number of rotatable bonds is 9. The molecule has 23 heavy (non-hydrogen) atoms. The number of hydrogen-bond acceptors (Lipinski definition) is 1.